The van der Waals surface area contributed by atoms with E-state index in [0.29, 0.717) is 11.5 Å². The molecule has 0 unspecified atom stereocenters. The lowest BCUT2D eigenvalue weighted by Gasteiger charge is -2.15. The first-order valence-electron chi connectivity index (χ1n) is 9.68. The largest absolute Gasteiger partial charge is 0.465 e. The summed E-state index contributed by atoms with van der Waals surface area (Å²) >= 11 is 0. The molecular formula is C23H24N4O2. The number of esters is 1. The molecule has 29 heavy (non-hydrogen) atoms. The molecule has 2 heterocycles. The zero-order valence-electron chi connectivity index (χ0n) is 17.0. The van der Waals surface area contributed by atoms with Gasteiger partial charge >= 0.3 is 5.97 Å². The Morgan fingerprint density at radius 1 is 1.14 bits per heavy atom. The Hall–Kier alpha value is -3.41. The summed E-state index contributed by atoms with van der Waals surface area (Å²) in [5, 5.41) is 12.8. The van der Waals surface area contributed by atoms with Crippen molar-refractivity contribution in [3.63, 3.8) is 0 Å². The van der Waals surface area contributed by atoms with Crippen molar-refractivity contribution in [3.05, 3.63) is 53.7 Å². The molecule has 0 saturated heterocycles. The van der Waals surface area contributed by atoms with Crippen LogP contribution in [0.4, 0.5) is 5.69 Å². The Bertz CT molecular complexity index is 1210. The van der Waals surface area contributed by atoms with E-state index in [0.717, 1.165) is 51.0 Å². The van der Waals surface area contributed by atoms with E-state index in [9.17, 15) is 4.79 Å². The second-order valence-electron chi connectivity index (χ2n) is 7.64. The average Bonchev–Trinajstić information content (AvgIpc) is 3.10. The van der Waals surface area contributed by atoms with Crippen LogP contribution in [-0.2, 0) is 4.74 Å². The normalized spacial score (nSPS) is 11.3. The number of nitrogens with one attached hydrogen (secondary N) is 2. The molecule has 2 aromatic heterocycles. The third-order valence-corrected chi connectivity index (χ3v) is 4.95. The van der Waals surface area contributed by atoms with Gasteiger partial charge in [0.25, 0.3) is 0 Å². The van der Waals surface area contributed by atoms with Crippen LogP contribution < -0.4 is 5.32 Å². The molecule has 0 amide bonds. The van der Waals surface area contributed by atoms with Gasteiger partial charge in [-0.1, -0.05) is 19.9 Å². The van der Waals surface area contributed by atoms with E-state index in [1.54, 1.807) is 6.07 Å². The highest BCUT2D eigenvalue weighted by atomic mass is 16.5. The van der Waals surface area contributed by atoms with E-state index >= 15 is 0 Å². The summed E-state index contributed by atoms with van der Waals surface area (Å²) in [5.74, 6) is 0.132. The SMILES string of the molecule is COC(=O)c1ccc2nc(-c3ccc4n[nH]c(C)c4c3)c(NCC(C)C)cc2c1. The van der Waals surface area contributed by atoms with E-state index in [2.05, 4.69) is 41.5 Å². The minimum absolute atomic E-state index is 0.353. The molecule has 0 fully saturated rings. The molecule has 0 saturated carbocycles. The standard InChI is InChI=1S/C23H24N4O2/c1-13(2)12-24-21-11-17-9-16(23(28)29-4)6-7-19(17)25-22(21)15-5-8-20-18(10-15)14(3)26-27-20/h5-11,13,24H,12H2,1-4H3,(H,26,27). The van der Waals surface area contributed by atoms with Crippen molar-refractivity contribution in [2.24, 2.45) is 5.92 Å². The van der Waals surface area contributed by atoms with Gasteiger partial charge in [-0.3, -0.25) is 5.10 Å². The Morgan fingerprint density at radius 2 is 1.93 bits per heavy atom. The minimum atomic E-state index is -0.353. The van der Waals surface area contributed by atoms with Crippen LogP contribution in [0.3, 0.4) is 0 Å². The zero-order chi connectivity index (χ0) is 20.5. The second-order valence-corrected chi connectivity index (χ2v) is 7.64. The van der Waals surface area contributed by atoms with Crippen molar-refractivity contribution in [3.8, 4) is 11.3 Å². The lowest BCUT2D eigenvalue weighted by atomic mass is 10.0. The number of hydrogen-bond acceptors (Lipinski definition) is 5. The van der Waals surface area contributed by atoms with Crippen LogP contribution in [-0.4, -0.2) is 34.8 Å². The first-order chi connectivity index (χ1) is 14.0. The topological polar surface area (TPSA) is 79.9 Å². The highest BCUT2D eigenvalue weighted by molar-refractivity contribution is 5.97. The minimum Gasteiger partial charge on any atom is -0.465 e. The third-order valence-electron chi connectivity index (χ3n) is 4.95. The summed E-state index contributed by atoms with van der Waals surface area (Å²) in [6.45, 7) is 7.16. The number of aromatic nitrogens is 3. The molecular weight excluding hydrogens is 364 g/mol. The lowest BCUT2D eigenvalue weighted by molar-refractivity contribution is 0.0601. The van der Waals surface area contributed by atoms with Gasteiger partial charge in [-0.05, 0) is 49.2 Å². The molecule has 0 radical (unpaired) electrons. The van der Waals surface area contributed by atoms with E-state index < -0.39 is 0 Å². The molecule has 0 aliphatic heterocycles. The fourth-order valence-electron chi connectivity index (χ4n) is 3.38. The molecule has 0 atom stereocenters. The maximum absolute atomic E-state index is 11.9. The van der Waals surface area contributed by atoms with Crippen LogP contribution in [0.25, 0.3) is 33.1 Å². The number of hydrogen-bond donors (Lipinski definition) is 2. The predicted octanol–water partition coefficient (Wildman–Crippen LogP) is 4.94. The number of anilines is 1. The smallest absolute Gasteiger partial charge is 0.337 e. The number of H-pyrrole nitrogens is 1. The maximum atomic E-state index is 11.9. The number of nitrogens with zero attached hydrogens (tertiary/aromatic N) is 2. The summed E-state index contributed by atoms with van der Waals surface area (Å²) in [5.41, 5.74) is 6.15. The molecule has 0 aliphatic carbocycles. The van der Waals surface area contributed by atoms with Gasteiger partial charge in [0.05, 0.1) is 35.1 Å². The molecule has 2 aromatic carbocycles. The first-order valence-corrected chi connectivity index (χ1v) is 9.68. The van der Waals surface area contributed by atoms with E-state index in [4.69, 9.17) is 9.72 Å². The van der Waals surface area contributed by atoms with Gasteiger partial charge in [0.2, 0.25) is 0 Å². The van der Waals surface area contributed by atoms with Crippen LogP contribution >= 0.6 is 0 Å². The molecule has 0 spiro atoms. The number of ether oxygens (including phenoxy) is 1. The van der Waals surface area contributed by atoms with Crippen molar-refractivity contribution in [2.75, 3.05) is 19.0 Å². The average molecular weight is 388 g/mol. The highest BCUT2D eigenvalue weighted by Gasteiger charge is 2.14. The van der Waals surface area contributed by atoms with Gasteiger partial charge in [-0.2, -0.15) is 5.10 Å². The van der Waals surface area contributed by atoms with E-state index in [-0.39, 0.29) is 5.97 Å². The molecule has 0 bridgehead atoms. The van der Waals surface area contributed by atoms with Gasteiger partial charge in [0.1, 0.15) is 0 Å². The lowest BCUT2D eigenvalue weighted by Crippen LogP contribution is -2.09. The number of methoxy groups -OCH3 is 1. The Labute approximate surface area is 169 Å². The maximum Gasteiger partial charge on any atom is 0.337 e. The number of carbonyl (C=O) groups is 1. The third kappa shape index (κ3) is 3.66. The summed E-state index contributed by atoms with van der Waals surface area (Å²) in [6.07, 6.45) is 0. The van der Waals surface area contributed by atoms with Crippen LogP contribution in [0.2, 0.25) is 0 Å². The Balaban J connectivity index is 1.88. The van der Waals surface area contributed by atoms with Gasteiger partial charge in [-0.15, -0.1) is 0 Å². The van der Waals surface area contributed by atoms with Crippen molar-refractivity contribution < 1.29 is 9.53 Å². The molecule has 4 rings (SSSR count). The van der Waals surface area contributed by atoms with Crippen molar-refractivity contribution >= 4 is 33.5 Å². The molecule has 4 aromatic rings. The number of aryl methyl sites for hydroxylation is 1. The summed E-state index contributed by atoms with van der Waals surface area (Å²) in [7, 11) is 1.39. The number of rotatable bonds is 5. The highest BCUT2D eigenvalue weighted by Crippen LogP contribution is 2.32. The van der Waals surface area contributed by atoms with Crippen LogP contribution in [0.5, 0.6) is 0 Å². The Kier molecular flexibility index (Phi) is 4.92. The molecule has 2 N–H and O–H groups in total. The second kappa shape index (κ2) is 7.54. The molecule has 6 heteroatoms. The summed E-state index contributed by atoms with van der Waals surface area (Å²) < 4.78 is 4.85. The number of benzene rings is 2. The van der Waals surface area contributed by atoms with Gasteiger partial charge in [0.15, 0.2) is 0 Å². The number of aromatic amines is 1. The fraction of sp³-hybridized carbons (Fsp3) is 0.261. The van der Waals surface area contributed by atoms with Crippen molar-refractivity contribution in [1.29, 1.82) is 0 Å². The molecule has 0 aliphatic rings. The zero-order valence-corrected chi connectivity index (χ0v) is 17.0. The predicted molar refractivity (Wildman–Crippen MR) is 116 cm³/mol. The summed E-state index contributed by atoms with van der Waals surface area (Å²) in [4.78, 5) is 16.8. The van der Waals surface area contributed by atoms with E-state index in [1.165, 1.54) is 7.11 Å². The fourth-order valence-corrected chi connectivity index (χ4v) is 3.38. The number of fused-ring (bicyclic) bond motifs is 2. The first kappa shape index (κ1) is 18.9. The van der Waals surface area contributed by atoms with Gasteiger partial charge in [0, 0.05) is 28.6 Å². The van der Waals surface area contributed by atoms with Crippen LogP contribution in [0, 0.1) is 12.8 Å². The van der Waals surface area contributed by atoms with Gasteiger partial charge < -0.3 is 10.1 Å². The monoisotopic (exact) mass is 388 g/mol. The van der Waals surface area contributed by atoms with Gasteiger partial charge in [-0.25, -0.2) is 9.78 Å². The van der Waals surface area contributed by atoms with E-state index in [1.807, 2.05) is 31.2 Å². The number of carbonyl (C=O) groups excluding carboxylic acids is 1. The molecule has 148 valence electrons. The Morgan fingerprint density at radius 3 is 2.69 bits per heavy atom. The van der Waals surface area contributed by atoms with Crippen molar-refractivity contribution in [2.45, 2.75) is 20.8 Å². The van der Waals surface area contributed by atoms with Crippen molar-refractivity contribution in [1.82, 2.24) is 15.2 Å². The van der Waals surface area contributed by atoms with Crippen LogP contribution in [0.15, 0.2) is 42.5 Å². The summed E-state index contributed by atoms with van der Waals surface area (Å²) in [6, 6.07) is 13.6. The van der Waals surface area contributed by atoms with Crippen LogP contribution in [0.1, 0.15) is 29.9 Å². The molecule has 6 nitrogen and oxygen atoms in total. The number of pyridine rings is 1. The quantitative estimate of drug-likeness (QED) is 0.473.